The van der Waals surface area contributed by atoms with Gasteiger partial charge >= 0.3 is 0 Å². The zero-order valence-electron chi connectivity index (χ0n) is 18.8. The van der Waals surface area contributed by atoms with Crippen LogP contribution in [-0.4, -0.2) is 49.8 Å². The van der Waals surface area contributed by atoms with Crippen molar-refractivity contribution in [1.82, 2.24) is 15.4 Å². The normalized spacial score (nSPS) is 15.1. The lowest BCUT2D eigenvalue weighted by atomic mass is 10.0. The van der Waals surface area contributed by atoms with Crippen LogP contribution in [0.15, 0.2) is 53.1 Å². The van der Waals surface area contributed by atoms with Gasteiger partial charge in [-0.3, -0.25) is 9.69 Å². The molecule has 1 atom stereocenters. The summed E-state index contributed by atoms with van der Waals surface area (Å²) >= 11 is 5.95. The molecule has 0 radical (unpaired) electrons. The molecule has 1 N–H and O–H groups in total. The molecule has 2 aromatic carbocycles. The van der Waals surface area contributed by atoms with Gasteiger partial charge in [0, 0.05) is 23.2 Å². The van der Waals surface area contributed by atoms with E-state index in [2.05, 4.69) is 15.4 Å². The van der Waals surface area contributed by atoms with E-state index in [4.69, 9.17) is 25.6 Å². The van der Waals surface area contributed by atoms with Crippen molar-refractivity contribution in [3.8, 4) is 22.8 Å². The van der Waals surface area contributed by atoms with Gasteiger partial charge in [-0.25, -0.2) is 0 Å². The Balaban J connectivity index is 1.50. The minimum atomic E-state index is -0.276. The summed E-state index contributed by atoms with van der Waals surface area (Å²) < 4.78 is 16.3. The van der Waals surface area contributed by atoms with Gasteiger partial charge in [0.1, 0.15) is 0 Å². The number of aromatic nitrogens is 1. The summed E-state index contributed by atoms with van der Waals surface area (Å²) in [7, 11) is 3.25. The standard InChI is InChI=1S/C25H28ClN3O4/c1-31-22-11-8-18(14-24(22)32-2)21(29-12-4-3-5-13-29)16-27-25(30)20-15-23(33-28-20)17-6-9-19(26)10-7-17/h6-11,14-15,21H,3-5,12-13,16H2,1-2H3,(H,27,30)/t21-/m1/s1. The first kappa shape index (κ1) is 23.1. The fourth-order valence-electron chi connectivity index (χ4n) is 4.16. The van der Waals surface area contributed by atoms with E-state index >= 15 is 0 Å². The van der Waals surface area contributed by atoms with Gasteiger partial charge in [0.05, 0.1) is 20.3 Å². The molecule has 1 aliphatic heterocycles. The van der Waals surface area contributed by atoms with Crippen LogP contribution in [-0.2, 0) is 0 Å². The van der Waals surface area contributed by atoms with Crippen molar-refractivity contribution in [2.45, 2.75) is 25.3 Å². The third kappa shape index (κ3) is 5.49. The number of hydrogen-bond donors (Lipinski definition) is 1. The fourth-order valence-corrected chi connectivity index (χ4v) is 4.29. The Morgan fingerprint density at radius 1 is 1.06 bits per heavy atom. The van der Waals surface area contributed by atoms with Crippen LogP contribution in [0.1, 0.15) is 41.4 Å². The Kier molecular flexibility index (Phi) is 7.52. The largest absolute Gasteiger partial charge is 0.493 e. The maximum atomic E-state index is 12.9. The van der Waals surface area contributed by atoms with E-state index in [9.17, 15) is 4.79 Å². The molecule has 1 saturated heterocycles. The number of rotatable bonds is 8. The molecule has 0 aliphatic carbocycles. The maximum Gasteiger partial charge on any atom is 0.273 e. The van der Waals surface area contributed by atoms with Crippen molar-refractivity contribution in [2.75, 3.05) is 33.9 Å². The molecule has 0 bridgehead atoms. The minimum absolute atomic E-state index is 0.0108. The van der Waals surface area contributed by atoms with Gasteiger partial charge < -0.3 is 19.3 Å². The summed E-state index contributed by atoms with van der Waals surface area (Å²) in [6, 6.07) is 14.8. The van der Waals surface area contributed by atoms with Gasteiger partial charge in [-0.2, -0.15) is 0 Å². The number of carbonyl (C=O) groups excluding carboxylic acids is 1. The molecule has 3 aromatic rings. The quantitative estimate of drug-likeness (QED) is 0.502. The molecule has 1 aromatic heterocycles. The summed E-state index contributed by atoms with van der Waals surface area (Å²) in [5.41, 5.74) is 2.11. The maximum absolute atomic E-state index is 12.9. The van der Waals surface area contributed by atoms with Gasteiger partial charge in [-0.1, -0.05) is 29.2 Å². The van der Waals surface area contributed by atoms with Crippen LogP contribution in [0.5, 0.6) is 11.5 Å². The molecule has 2 heterocycles. The van der Waals surface area contributed by atoms with Crippen molar-refractivity contribution >= 4 is 17.5 Å². The zero-order chi connectivity index (χ0) is 23.2. The van der Waals surface area contributed by atoms with Crippen molar-refractivity contribution in [1.29, 1.82) is 0 Å². The van der Waals surface area contributed by atoms with E-state index in [0.717, 1.165) is 37.1 Å². The lowest BCUT2D eigenvalue weighted by molar-refractivity contribution is 0.0915. The monoisotopic (exact) mass is 469 g/mol. The number of halogens is 1. The Morgan fingerprint density at radius 2 is 1.79 bits per heavy atom. The lowest BCUT2D eigenvalue weighted by Gasteiger charge is -2.35. The first-order chi connectivity index (χ1) is 16.1. The second-order valence-electron chi connectivity index (χ2n) is 8.02. The van der Waals surface area contributed by atoms with Crippen LogP contribution < -0.4 is 14.8 Å². The number of amides is 1. The van der Waals surface area contributed by atoms with Crippen molar-refractivity contribution in [2.24, 2.45) is 0 Å². The highest BCUT2D eigenvalue weighted by Crippen LogP contribution is 2.33. The SMILES string of the molecule is COc1ccc([C@@H](CNC(=O)c2cc(-c3ccc(Cl)cc3)on2)N2CCCCC2)cc1OC. The highest BCUT2D eigenvalue weighted by atomic mass is 35.5. The lowest BCUT2D eigenvalue weighted by Crippen LogP contribution is -2.40. The zero-order valence-corrected chi connectivity index (χ0v) is 19.6. The predicted octanol–water partition coefficient (Wildman–Crippen LogP) is 4.97. The predicted molar refractivity (Wildman–Crippen MR) is 127 cm³/mol. The van der Waals surface area contributed by atoms with Crippen LogP contribution in [0, 0.1) is 0 Å². The van der Waals surface area contributed by atoms with Crippen molar-refractivity contribution in [3.63, 3.8) is 0 Å². The van der Waals surface area contributed by atoms with Crippen molar-refractivity contribution < 1.29 is 18.8 Å². The average molecular weight is 470 g/mol. The minimum Gasteiger partial charge on any atom is -0.493 e. The van der Waals surface area contributed by atoms with Crippen LogP contribution in [0.3, 0.4) is 0 Å². The number of piperidine rings is 1. The van der Waals surface area contributed by atoms with Crippen molar-refractivity contribution in [3.05, 3.63) is 64.8 Å². The highest BCUT2D eigenvalue weighted by molar-refractivity contribution is 6.30. The number of methoxy groups -OCH3 is 2. The number of benzene rings is 2. The van der Waals surface area contributed by atoms with E-state index in [1.807, 2.05) is 30.3 Å². The number of carbonyl (C=O) groups is 1. The third-order valence-electron chi connectivity index (χ3n) is 5.95. The topological polar surface area (TPSA) is 76.8 Å². The molecule has 1 fully saturated rings. The Morgan fingerprint density at radius 3 is 2.48 bits per heavy atom. The van der Waals surface area contributed by atoms with Gasteiger partial charge in [0.2, 0.25) is 0 Å². The number of nitrogens with zero attached hydrogens (tertiary/aromatic N) is 2. The average Bonchev–Trinajstić information content (AvgIpc) is 3.35. The molecule has 0 spiro atoms. The van der Waals surface area contributed by atoms with Crippen LogP contribution in [0.2, 0.25) is 5.02 Å². The molecule has 33 heavy (non-hydrogen) atoms. The van der Waals surface area contributed by atoms with E-state index in [0.29, 0.717) is 28.8 Å². The highest BCUT2D eigenvalue weighted by Gasteiger charge is 2.25. The van der Waals surface area contributed by atoms with E-state index < -0.39 is 0 Å². The third-order valence-corrected chi connectivity index (χ3v) is 6.20. The second-order valence-corrected chi connectivity index (χ2v) is 8.46. The second kappa shape index (κ2) is 10.7. The Labute approximate surface area is 198 Å². The fraction of sp³-hybridized carbons (Fsp3) is 0.360. The number of nitrogens with one attached hydrogen (secondary N) is 1. The van der Waals surface area contributed by atoms with E-state index in [1.54, 1.807) is 32.4 Å². The Hall–Kier alpha value is -3.03. The molecule has 8 heteroatoms. The smallest absolute Gasteiger partial charge is 0.273 e. The number of ether oxygens (including phenoxy) is 2. The summed E-state index contributed by atoms with van der Waals surface area (Å²) in [4.78, 5) is 15.3. The summed E-state index contributed by atoms with van der Waals surface area (Å²) in [6.07, 6.45) is 3.52. The van der Waals surface area contributed by atoms with E-state index in [1.165, 1.54) is 6.42 Å². The van der Waals surface area contributed by atoms with Gasteiger partial charge in [0.15, 0.2) is 23.0 Å². The molecule has 0 unspecified atom stereocenters. The number of likely N-dealkylation sites (tertiary alicyclic amines) is 1. The molecular formula is C25H28ClN3O4. The van der Waals surface area contributed by atoms with E-state index in [-0.39, 0.29) is 17.6 Å². The summed E-state index contributed by atoms with van der Waals surface area (Å²) in [5.74, 6) is 1.60. The van der Waals surface area contributed by atoms with Crippen LogP contribution in [0.4, 0.5) is 0 Å². The summed E-state index contributed by atoms with van der Waals surface area (Å²) in [6.45, 7) is 2.41. The van der Waals surface area contributed by atoms with Crippen LogP contribution in [0.25, 0.3) is 11.3 Å². The first-order valence-electron chi connectivity index (χ1n) is 11.1. The molecular weight excluding hydrogens is 442 g/mol. The molecule has 0 saturated carbocycles. The number of hydrogen-bond acceptors (Lipinski definition) is 6. The summed E-state index contributed by atoms with van der Waals surface area (Å²) in [5, 5.41) is 7.63. The van der Waals surface area contributed by atoms with Crippen LogP contribution >= 0.6 is 11.6 Å². The molecule has 7 nitrogen and oxygen atoms in total. The molecule has 4 rings (SSSR count). The van der Waals surface area contributed by atoms with Gasteiger partial charge in [-0.15, -0.1) is 0 Å². The van der Waals surface area contributed by atoms with Gasteiger partial charge in [-0.05, 0) is 67.9 Å². The molecule has 1 aliphatic rings. The van der Waals surface area contributed by atoms with Gasteiger partial charge in [0.25, 0.3) is 5.91 Å². The Bertz CT molecular complexity index is 1080. The molecule has 1 amide bonds. The molecule has 174 valence electrons. The first-order valence-corrected chi connectivity index (χ1v) is 11.4.